The fourth-order valence-electron chi connectivity index (χ4n) is 1.50. The van der Waals surface area contributed by atoms with Gasteiger partial charge in [0.25, 0.3) is 0 Å². The van der Waals surface area contributed by atoms with Gasteiger partial charge in [0, 0.05) is 4.47 Å². The van der Waals surface area contributed by atoms with Gasteiger partial charge in [-0.15, -0.1) is 12.4 Å². The van der Waals surface area contributed by atoms with Crippen molar-refractivity contribution in [3.63, 3.8) is 0 Å². The number of halogens is 2. The average Bonchev–Trinajstić information content (AvgIpc) is 2.56. The van der Waals surface area contributed by atoms with Crippen LogP contribution in [0.5, 0.6) is 5.75 Å². The summed E-state index contributed by atoms with van der Waals surface area (Å²) in [6.07, 6.45) is 0. The van der Waals surface area contributed by atoms with Gasteiger partial charge in [-0.3, -0.25) is 0 Å². The van der Waals surface area contributed by atoms with Gasteiger partial charge in [0.2, 0.25) is 0 Å². The van der Waals surface area contributed by atoms with Crippen molar-refractivity contribution >= 4 is 34.0 Å². The molecular weight excluding hydrogens is 318 g/mol. The first kappa shape index (κ1) is 14.9. The average molecular weight is 333 g/mol. The van der Waals surface area contributed by atoms with Crippen molar-refractivity contribution in [1.29, 1.82) is 0 Å². The number of nitrogen functional groups attached to an aromatic ring is 1. The molecule has 1 aromatic carbocycles. The molecule has 0 fully saturated rings. The first-order chi connectivity index (χ1) is 8.08. The predicted octanol–water partition coefficient (Wildman–Crippen LogP) is 3.30. The molecule has 6 heteroatoms. The van der Waals surface area contributed by atoms with Gasteiger partial charge in [0.05, 0.1) is 17.1 Å². The van der Waals surface area contributed by atoms with Crippen LogP contribution in [0.2, 0.25) is 0 Å². The fourth-order valence-corrected chi connectivity index (χ4v) is 1.77. The Balaban J connectivity index is 0.00000162. The molecular formula is C12H15BrClN3O. The molecule has 0 aliphatic carbocycles. The maximum absolute atomic E-state index is 5.85. The monoisotopic (exact) mass is 331 g/mol. The molecule has 1 aromatic heterocycles. The lowest BCUT2D eigenvalue weighted by Crippen LogP contribution is -2.08. The smallest absolute Gasteiger partial charge is 0.181 e. The summed E-state index contributed by atoms with van der Waals surface area (Å²) < 4.78 is 8.40. The molecule has 0 aliphatic heterocycles. The molecule has 0 bridgehead atoms. The van der Waals surface area contributed by atoms with Gasteiger partial charge >= 0.3 is 0 Å². The number of hydrogen-bond donors (Lipinski definition) is 1. The minimum absolute atomic E-state index is 0. The van der Waals surface area contributed by atoms with E-state index in [2.05, 4.69) is 21.0 Å². The Morgan fingerprint density at radius 1 is 1.28 bits per heavy atom. The third-order valence-corrected chi connectivity index (χ3v) is 3.13. The number of ether oxygens (including phenoxy) is 1. The van der Waals surface area contributed by atoms with E-state index in [9.17, 15) is 0 Å². The van der Waals surface area contributed by atoms with E-state index < -0.39 is 0 Å². The summed E-state index contributed by atoms with van der Waals surface area (Å²) in [5.41, 5.74) is 8.34. The molecule has 0 amide bonds. The number of rotatable bonds is 3. The molecule has 18 heavy (non-hydrogen) atoms. The summed E-state index contributed by atoms with van der Waals surface area (Å²) in [5, 5.41) is 4.30. The highest BCUT2D eigenvalue weighted by Gasteiger charge is 2.07. The Labute approximate surface area is 121 Å². The van der Waals surface area contributed by atoms with Gasteiger partial charge in [-0.05, 0) is 38.1 Å². The van der Waals surface area contributed by atoms with E-state index in [0.717, 1.165) is 27.3 Å². The fraction of sp³-hybridized carbons (Fsp3) is 0.250. The standard InChI is InChI=1S/C12H14BrN3O.ClH/c1-8-12(14)9(2)16(15-8)7-17-11-5-3-10(13)4-6-11;/h3-6H,7,14H2,1-2H3;1H. The van der Waals surface area contributed by atoms with Crippen LogP contribution in [-0.2, 0) is 6.73 Å². The second kappa shape index (κ2) is 6.11. The van der Waals surface area contributed by atoms with E-state index in [0.29, 0.717) is 6.73 Å². The third kappa shape index (κ3) is 3.17. The maximum atomic E-state index is 5.85. The summed E-state index contributed by atoms with van der Waals surface area (Å²) in [5.74, 6) is 0.805. The van der Waals surface area contributed by atoms with E-state index in [4.69, 9.17) is 10.5 Å². The van der Waals surface area contributed by atoms with E-state index >= 15 is 0 Å². The second-order valence-electron chi connectivity index (χ2n) is 3.81. The van der Waals surface area contributed by atoms with E-state index in [1.54, 1.807) is 4.68 Å². The molecule has 0 saturated heterocycles. The summed E-state index contributed by atoms with van der Waals surface area (Å²) in [6.45, 7) is 4.18. The van der Waals surface area contributed by atoms with Crippen molar-refractivity contribution in [3.8, 4) is 5.75 Å². The molecule has 0 radical (unpaired) electrons. The van der Waals surface area contributed by atoms with Gasteiger partial charge in [0.15, 0.2) is 6.73 Å². The highest BCUT2D eigenvalue weighted by Crippen LogP contribution is 2.18. The van der Waals surface area contributed by atoms with Gasteiger partial charge in [-0.1, -0.05) is 15.9 Å². The quantitative estimate of drug-likeness (QED) is 0.938. The molecule has 0 atom stereocenters. The van der Waals surface area contributed by atoms with Gasteiger partial charge in [0.1, 0.15) is 5.75 Å². The topological polar surface area (TPSA) is 53.1 Å². The van der Waals surface area contributed by atoms with Crippen molar-refractivity contribution in [1.82, 2.24) is 9.78 Å². The number of anilines is 1. The zero-order valence-corrected chi connectivity index (χ0v) is 12.6. The van der Waals surface area contributed by atoms with Crippen LogP contribution in [0.3, 0.4) is 0 Å². The number of benzene rings is 1. The molecule has 2 N–H and O–H groups in total. The zero-order chi connectivity index (χ0) is 12.4. The van der Waals surface area contributed by atoms with Crippen LogP contribution in [-0.4, -0.2) is 9.78 Å². The maximum Gasteiger partial charge on any atom is 0.181 e. The van der Waals surface area contributed by atoms with Gasteiger partial charge in [-0.25, -0.2) is 4.68 Å². The largest absolute Gasteiger partial charge is 0.471 e. The zero-order valence-electron chi connectivity index (χ0n) is 10.2. The number of nitrogens with zero attached hydrogens (tertiary/aromatic N) is 2. The minimum Gasteiger partial charge on any atom is -0.471 e. The third-order valence-electron chi connectivity index (χ3n) is 2.60. The van der Waals surface area contributed by atoms with E-state index in [1.165, 1.54) is 0 Å². The predicted molar refractivity (Wildman–Crippen MR) is 78.1 cm³/mol. The molecule has 2 rings (SSSR count). The summed E-state index contributed by atoms with van der Waals surface area (Å²) in [7, 11) is 0. The van der Waals surface area contributed by atoms with Crippen molar-refractivity contribution in [3.05, 3.63) is 40.1 Å². The molecule has 0 unspecified atom stereocenters. The van der Waals surface area contributed by atoms with E-state index in [1.807, 2.05) is 38.1 Å². The highest BCUT2D eigenvalue weighted by molar-refractivity contribution is 9.10. The lowest BCUT2D eigenvalue weighted by atomic mass is 10.3. The van der Waals surface area contributed by atoms with Crippen molar-refractivity contribution < 1.29 is 4.74 Å². The van der Waals surface area contributed by atoms with Crippen molar-refractivity contribution in [2.75, 3.05) is 5.73 Å². The van der Waals surface area contributed by atoms with Crippen molar-refractivity contribution in [2.24, 2.45) is 0 Å². The van der Waals surface area contributed by atoms with Crippen LogP contribution >= 0.6 is 28.3 Å². The first-order valence-electron chi connectivity index (χ1n) is 5.26. The van der Waals surface area contributed by atoms with Crippen molar-refractivity contribution in [2.45, 2.75) is 20.6 Å². The molecule has 2 aromatic rings. The normalized spacial score (nSPS) is 9.94. The Hall–Kier alpha value is -1.20. The van der Waals surface area contributed by atoms with Gasteiger partial charge < -0.3 is 10.5 Å². The Morgan fingerprint density at radius 3 is 2.39 bits per heavy atom. The number of nitrogens with two attached hydrogens (primary N) is 1. The number of aromatic nitrogens is 2. The highest BCUT2D eigenvalue weighted by atomic mass is 79.9. The van der Waals surface area contributed by atoms with Crippen LogP contribution in [0.1, 0.15) is 11.4 Å². The molecule has 1 heterocycles. The minimum atomic E-state index is 0. The first-order valence-corrected chi connectivity index (χ1v) is 6.05. The van der Waals surface area contributed by atoms with Crippen LogP contribution < -0.4 is 10.5 Å². The molecule has 0 saturated carbocycles. The van der Waals surface area contributed by atoms with Crippen LogP contribution in [0, 0.1) is 13.8 Å². The lowest BCUT2D eigenvalue weighted by Gasteiger charge is -2.07. The Bertz CT molecular complexity index is 525. The van der Waals surface area contributed by atoms with E-state index in [-0.39, 0.29) is 12.4 Å². The molecule has 4 nitrogen and oxygen atoms in total. The molecule has 0 spiro atoms. The summed E-state index contributed by atoms with van der Waals surface area (Å²) in [6, 6.07) is 7.67. The van der Waals surface area contributed by atoms with Crippen LogP contribution in [0.4, 0.5) is 5.69 Å². The Morgan fingerprint density at radius 2 is 1.89 bits per heavy atom. The SMILES string of the molecule is Cc1nn(COc2ccc(Br)cc2)c(C)c1N.Cl. The Kier molecular flexibility index (Phi) is 5.04. The number of aryl methyl sites for hydroxylation is 1. The summed E-state index contributed by atoms with van der Waals surface area (Å²) >= 11 is 3.38. The second-order valence-corrected chi connectivity index (χ2v) is 4.73. The summed E-state index contributed by atoms with van der Waals surface area (Å²) in [4.78, 5) is 0. The molecule has 0 aliphatic rings. The number of hydrogen-bond acceptors (Lipinski definition) is 3. The van der Waals surface area contributed by atoms with Crippen LogP contribution in [0.15, 0.2) is 28.7 Å². The lowest BCUT2D eigenvalue weighted by molar-refractivity contribution is 0.218. The molecule has 98 valence electrons. The van der Waals surface area contributed by atoms with Gasteiger partial charge in [-0.2, -0.15) is 5.10 Å². The van der Waals surface area contributed by atoms with Crippen LogP contribution in [0.25, 0.3) is 0 Å².